The number of amides is 1. The van der Waals surface area contributed by atoms with Crippen LogP contribution in [0.4, 0.5) is 18.9 Å². The van der Waals surface area contributed by atoms with Gasteiger partial charge in [0, 0.05) is 18.0 Å². The van der Waals surface area contributed by atoms with Gasteiger partial charge in [-0.2, -0.15) is 13.2 Å². The fourth-order valence-corrected chi connectivity index (χ4v) is 3.07. The maximum atomic E-state index is 13.3. The number of halogens is 3. The van der Waals surface area contributed by atoms with E-state index in [1.54, 1.807) is 31.2 Å². The number of hydrogen-bond donors (Lipinski definition) is 3. The Morgan fingerprint density at radius 3 is 2.41 bits per heavy atom. The zero-order valence-corrected chi connectivity index (χ0v) is 18.3. The number of alkyl halides is 3. The predicted octanol–water partition coefficient (Wildman–Crippen LogP) is 4.29. The highest BCUT2D eigenvalue weighted by molar-refractivity contribution is 7.46. The minimum absolute atomic E-state index is 0.0679. The van der Waals surface area contributed by atoms with Crippen molar-refractivity contribution in [3.63, 3.8) is 0 Å². The molecule has 3 N–H and O–H groups in total. The van der Waals surface area contributed by atoms with Crippen LogP contribution in [0.5, 0.6) is 11.5 Å². The number of phosphoric ester groups is 1. The van der Waals surface area contributed by atoms with Gasteiger partial charge in [-0.05, 0) is 42.8 Å². The summed E-state index contributed by atoms with van der Waals surface area (Å²) in [5.41, 5.74) is -1.66. The summed E-state index contributed by atoms with van der Waals surface area (Å²) in [5.74, 6) is -0.773. The maximum absolute atomic E-state index is 13.3. The Balaban J connectivity index is 1.90. The maximum Gasteiger partial charge on any atom is 0.471 e. The number of nitrogens with one attached hydrogen (secondary N) is 1. The molecule has 0 saturated carbocycles. The average Bonchev–Trinajstić information content (AvgIpc) is 2.73. The number of rotatable bonds is 7. The number of aryl methyl sites for hydroxylation is 1. The molecule has 0 atom stereocenters. The topological polar surface area (TPSA) is 127 Å². The molecule has 0 radical (unpaired) electrons. The molecule has 0 fully saturated rings. The van der Waals surface area contributed by atoms with Crippen LogP contribution in [0.2, 0.25) is 0 Å². The van der Waals surface area contributed by atoms with Crippen LogP contribution in [-0.4, -0.2) is 20.3 Å². The monoisotopic (exact) mass is 498 g/mol. The minimum atomic E-state index is -4.82. The number of anilines is 1. The molecule has 0 bridgehead atoms. The Morgan fingerprint density at radius 2 is 1.79 bits per heavy atom. The summed E-state index contributed by atoms with van der Waals surface area (Å²) in [5, 5.41) is 2.32. The Labute approximate surface area is 190 Å². The Kier molecular flexibility index (Phi) is 7.27. The van der Waals surface area contributed by atoms with E-state index in [0.717, 1.165) is 29.0 Å². The van der Waals surface area contributed by atoms with E-state index in [4.69, 9.17) is 14.5 Å². The van der Waals surface area contributed by atoms with Crippen LogP contribution in [0.25, 0.3) is 0 Å². The second kappa shape index (κ2) is 9.82. The van der Waals surface area contributed by atoms with Gasteiger partial charge < -0.3 is 19.8 Å². The van der Waals surface area contributed by atoms with Gasteiger partial charge in [0.05, 0.1) is 11.1 Å². The lowest BCUT2D eigenvalue weighted by Crippen LogP contribution is -2.22. The molecular formula is C21H18F3N2O7P. The summed E-state index contributed by atoms with van der Waals surface area (Å²) < 4.78 is 61.3. The van der Waals surface area contributed by atoms with E-state index < -0.39 is 43.3 Å². The second-order valence-electron chi connectivity index (χ2n) is 7.00. The van der Waals surface area contributed by atoms with Crippen LogP contribution in [0.15, 0.2) is 65.6 Å². The quantitative estimate of drug-likeness (QED) is 0.415. The first-order valence-electron chi connectivity index (χ1n) is 9.50. The van der Waals surface area contributed by atoms with E-state index in [-0.39, 0.29) is 11.4 Å². The van der Waals surface area contributed by atoms with E-state index in [2.05, 4.69) is 9.84 Å². The van der Waals surface area contributed by atoms with E-state index in [9.17, 15) is 27.3 Å². The fourth-order valence-electron chi connectivity index (χ4n) is 2.79. The standard InChI is InChI=1S/C21H18F3N2O7P/c1-13-4-2-3-5-17(13)33-18-7-6-14(21(22,23)24)10-16(18)20(28)25-15-8-9-26(19(27)11-15)12-32-34(29,30)31/h2-11H,12H2,1H3,(H,25,28)(H2,29,30,31). The second-order valence-corrected chi connectivity index (χ2v) is 8.24. The molecule has 1 heterocycles. The van der Waals surface area contributed by atoms with Gasteiger partial charge in [0.2, 0.25) is 0 Å². The molecule has 0 aliphatic rings. The van der Waals surface area contributed by atoms with Crippen molar-refractivity contribution in [1.82, 2.24) is 4.57 Å². The Bertz CT molecular complexity index is 1320. The molecule has 2 aromatic carbocycles. The SMILES string of the molecule is Cc1ccccc1Oc1ccc(C(F)(F)F)cc1C(=O)Nc1ccn(COP(=O)(O)O)c(=O)c1. The lowest BCUT2D eigenvalue weighted by molar-refractivity contribution is -0.137. The number of para-hydroxylation sites is 1. The number of pyridine rings is 1. The molecule has 13 heteroatoms. The van der Waals surface area contributed by atoms with E-state index >= 15 is 0 Å². The molecular weight excluding hydrogens is 480 g/mol. The molecule has 0 aliphatic carbocycles. The summed E-state index contributed by atoms with van der Waals surface area (Å²) in [6, 6.07) is 11.3. The number of aromatic nitrogens is 1. The van der Waals surface area contributed by atoms with Gasteiger partial charge in [-0.15, -0.1) is 0 Å². The number of carbonyl (C=O) groups excluding carboxylic acids is 1. The zero-order chi connectivity index (χ0) is 25.1. The summed E-state index contributed by atoms with van der Waals surface area (Å²) >= 11 is 0. The summed E-state index contributed by atoms with van der Waals surface area (Å²) in [4.78, 5) is 42.4. The van der Waals surface area contributed by atoms with Crippen molar-refractivity contribution in [2.24, 2.45) is 0 Å². The molecule has 0 unspecified atom stereocenters. The molecule has 0 aliphatic heterocycles. The van der Waals surface area contributed by atoms with Crippen molar-refractivity contribution in [3.8, 4) is 11.5 Å². The first-order chi connectivity index (χ1) is 15.8. The Morgan fingerprint density at radius 1 is 1.09 bits per heavy atom. The van der Waals surface area contributed by atoms with Crippen molar-refractivity contribution in [1.29, 1.82) is 0 Å². The first-order valence-corrected chi connectivity index (χ1v) is 11.0. The molecule has 0 spiro atoms. The number of phosphoric acid groups is 1. The van der Waals surface area contributed by atoms with E-state index in [1.807, 2.05) is 0 Å². The van der Waals surface area contributed by atoms with Gasteiger partial charge >= 0.3 is 14.0 Å². The van der Waals surface area contributed by atoms with Crippen molar-refractivity contribution >= 4 is 19.4 Å². The number of hydrogen-bond acceptors (Lipinski definition) is 5. The van der Waals surface area contributed by atoms with Crippen LogP contribution in [0.3, 0.4) is 0 Å². The largest absolute Gasteiger partial charge is 0.471 e. The molecule has 0 saturated heterocycles. The highest BCUT2D eigenvalue weighted by Crippen LogP contribution is 2.36. The zero-order valence-electron chi connectivity index (χ0n) is 17.4. The van der Waals surface area contributed by atoms with Crippen molar-refractivity contribution < 1.29 is 41.6 Å². The van der Waals surface area contributed by atoms with Gasteiger partial charge in [0.15, 0.2) is 0 Å². The number of ether oxygens (including phenoxy) is 1. The van der Waals surface area contributed by atoms with Crippen LogP contribution in [0, 0.1) is 6.92 Å². The molecule has 9 nitrogen and oxygen atoms in total. The number of nitrogens with zero attached hydrogens (tertiary/aromatic N) is 1. The highest BCUT2D eigenvalue weighted by Gasteiger charge is 2.32. The van der Waals surface area contributed by atoms with E-state index in [1.165, 1.54) is 6.07 Å². The van der Waals surface area contributed by atoms with Gasteiger partial charge in [0.1, 0.15) is 18.2 Å². The third kappa shape index (κ3) is 6.55. The van der Waals surface area contributed by atoms with Crippen molar-refractivity contribution in [3.05, 3.63) is 87.8 Å². The lowest BCUT2D eigenvalue weighted by Gasteiger charge is -2.15. The normalized spacial score (nSPS) is 11.8. The van der Waals surface area contributed by atoms with Crippen molar-refractivity contribution in [2.75, 3.05) is 5.32 Å². The van der Waals surface area contributed by atoms with Crippen LogP contribution >= 0.6 is 7.82 Å². The fraction of sp³-hybridized carbons (Fsp3) is 0.143. The van der Waals surface area contributed by atoms with E-state index in [0.29, 0.717) is 17.4 Å². The number of benzene rings is 2. The van der Waals surface area contributed by atoms with Gasteiger partial charge in [0.25, 0.3) is 11.5 Å². The summed E-state index contributed by atoms with van der Waals surface area (Å²) in [7, 11) is -4.82. The van der Waals surface area contributed by atoms with Gasteiger partial charge in [-0.1, -0.05) is 18.2 Å². The van der Waals surface area contributed by atoms with Crippen molar-refractivity contribution in [2.45, 2.75) is 19.8 Å². The Hall–Kier alpha value is -3.44. The van der Waals surface area contributed by atoms with Gasteiger partial charge in [-0.3, -0.25) is 18.7 Å². The summed E-state index contributed by atoms with van der Waals surface area (Å²) in [6.07, 6.45) is -3.62. The van der Waals surface area contributed by atoms with Crippen LogP contribution in [-0.2, 0) is 22.0 Å². The van der Waals surface area contributed by atoms with Crippen LogP contribution < -0.4 is 15.6 Å². The summed E-state index contributed by atoms with van der Waals surface area (Å²) in [6.45, 7) is 0.976. The minimum Gasteiger partial charge on any atom is -0.456 e. The molecule has 1 amide bonds. The highest BCUT2D eigenvalue weighted by atomic mass is 31.2. The smallest absolute Gasteiger partial charge is 0.456 e. The predicted molar refractivity (Wildman–Crippen MR) is 114 cm³/mol. The third-order valence-corrected chi connectivity index (χ3v) is 4.94. The first kappa shape index (κ1) is 25.2. The lowest BCUT2D eigenvalue weighted by atomic mass is 10.1. The molecule has 1 aromatic heterocycles. The molecule has 3 rings (SSSR count). The molecule has 3 aromatic rings. The van der Waals surface area contributed by atoms with Gasteiger partial charge in [-0.25, -0.2) is 4.57 Å². The van der Waals surface area contributed by atoms with Crippen LogP contribution in [0.1, 0.15) is 21.5 Å². The number of carbonyl (C=O) groups is 1. The molecule has 34 heavy (non-hydrogen) atoms. The molecule has 180 valence electrons. The third-order valence-electron chi connectivity index (χ3n) is 4.48. The average molecular weight is 498 g/mol.